The molecule has 0 saturated carbocycles. The van der Waals surface area contributed by atoms with E-state index >= 15 is 0 Å². The van der Waals surface area contributed by atoms with E-state index in [4.69, 9.17) is 9.78 Å². The lowest BCUT2D eigenvalue weighted by atomic mass is 10.0. The topological polar surface area (TPSA) is 49.8 Å². The van der Waals surface area contributed by atoms with Crippen molar-refractivity contribution in [3.63, 3.8) is 0 Å². The number of hydrogen-bond donors (Lipinski definition) is 0. The van der Waals surface area contributed by atoms with Crippen molar-refractivity contribution in [3.8, 4) is 17.4 Å². The lowest BCUT2D eigenvalue weighted by molar-refractivity contribution is 0.429. The lowest BCUT2D eigenvalue weighted by Crippen LogP contribution is -1.98. The van der Waals surface area contributed by atoms with Crippen LogP contribution >= 0.6 is 27.7 Å². The number of benzene rings is 1. The average Bonchev–Trinajstić information content (AvgIpc) is 2.79. The minimum atomic E-state index is 0.289. The Morgan fingerprint density at radius 3 is 3.11 bits per heavy atom. The zero-order chi connectivity index (χ0) is 12.5. The zero-order valence-electron chi connectivity index (χ0n) is 9.44. The van der Waals surface area contributed by atoms with Gasteiger partial charge < -0.3 is 4.52 Å². The average molecular weight is 321 g/mol. The Kier molecular flexibility index (Phi) is 3.14. The molecular weight excluding hydrogens is 312 g/mol. The fourth-order valence-electron chi connectivity index (χ4n) is 2.03. The van der Waals surface area contributed by atoms with Crippen molar-refractivity contribution in [1.29, 1.82) is 5.26 Å². The maximum Gasteiger partial charge on any atom is 0.198 e. The molecule has 0 unspecified atom stereocenters. The SMILES string of the molecule is N#Cc1noc(-c2ccc3c(c2)CCCS3)c1Br. The summed E-state index contributed by atoms with van der Waals surface area (Å²) in [4.78, 5) is 1.35. The largest absolute Gasteiger partial charge is 0.354 e. The summed E-state index contributed by atoms with van der Waals surface area (Å²) in [7, 11) is 0. The van der Waals surface area contributed by atoms with E-state index in [-0.39, 0.29) is 5.69 Å². The van der Waals surface area contributed by atoms with Crippen LogP contribution in [0, 0.1) is 11.3 Å². The number of nitrogens with zero attached hydrogens (tertiary/aromatic N) is 2. The van der Waals surface area contributed by atoms with Crippen molar-refractivity contribution in [3.05, 3.63) is 33.9 Å². The number of hydrogen-bond acceptors (Lipinski definition) is 4. The van der Waals surface area contributed by atoms with E-state index in [1.807, 2.05) is 23.9 Å². The molecular formula is C13H9BrN2OS. The molecule has 0 atom stereocenters. The van der Waals surface area contributed by atoms with Crippen LogP contribution in [0.15, 0.2) is 32.1 Å². The van der Waals surface area contributed by atoms with Gasteiger partial charge in [0, 0.05) is 10.5 Å². The molecule has 0 N–H and O–H groups in total. The van der Waals surface area contributed by atoms with Crippen LogP contribution < -0.4 is 0 Å². The number of fused-ring (bicyclic) bond motifs is 1. The van der Waals surface area contributed by atoms with Crippen LogP contribution in [0.5, 0.6) is 0 Å². The van der Waals surface area contributed by atoms with E-state index in [9.17, 15) is 0 Å². The summed E-state index contributed by atoms with van der Waals surface area (Å²) in [5.41, 5.74) is 2.61. The normalized spacial score (nSPS) is 14.0. The molecule has 0 bridgehead atoms. The predicted octanol–water partition coefficient (Wildman–Crippen LogP) is 4.01. The molecule has 2 heterocycles. The minimum Gasteiger partial charge on any atom is -0.354 e. The first-order chi connectivity index (χ1) is 8.79. The molecule has 1 aliphatic rings. The quantitative estimate of drug-likeness (QED) is 0.796. The van der Waals surface area contributed by atoms with Gasteiger partial charge in [0.2, 0.25) is 0 Å². The Balaban J connectivity index is 2.07. The fraction of sp³-hybridized carbons (Fsp3) is 0.231. The number of thioether (sulfide) groups is 1. The number of halogens is 1. The summed E-state index contributed by atoms with van der Waals surface area (Å²) in [5, 5.41) is 12.6. The monoisotopic (exact) mass is 320 g/mol. The van der Waals surface area contributed by atoms with Crippen molar-refractivity contribution in [1.82, 2.24) is 5.16 Å². The van der Waals surface area contributed by atoms with Crippen molar-refractivity contribution in [2.45, 2.75) is 17.7 Å². The Labute approximate surface area is 117 Å². The van der Waals surface area contributed by atoms with Crippen molar-refractivity contribution in [2.24, 2.45) is 0 Å². The lowest BCUT2D eigenvalue weighted by Gasteiger charge is -2.15. The first kappa shape index (κ1) is 11.8. The van der Waals surface area contributed by atoms with Gasteiger partial charge in [-0.1, -0.05) is 5.16 Å². The standard InChI is InChI=1S/C13H9BrN2OS/c14-12-10(7-15)16-17-13(12)9-3-4-11-8(6-9)2-1-5-18-11/h3-4,6H,1-2,5H2. The third kappa shape index (κ3) is 1.96. The van der Waals surface area contributed by atoms with Gasteiger partial charge in [0.1, 0.15) is 10.5 Å². The Hall–Kier alpha value is -1.25. The molecule has 1 aromatic carbocycles. The molecule has 2 aromatic rings. The summed E-state index contributed by atoms with van der Waals surface area (Å²) >= 11 is 5.26. The molecule has 0 amide bonds. The first-order valence-corrected chi connectivity index (χ1v) is 7.39. The van der Waals surface area contributed by atoms with Gasteiger partial charge in [-0.2, -0.15) is 5.26 Å². The highest BCUT2D eigenvalue weighted by Crippen LogP contribution is 2.36. The Bertz CT molecular complexity index is 645. The summed E-state index contributed by atoms with van der Waals surface area (Å²) in [5.74, 6) is 1.82. The number of aryl methyl sites for hydroxylation is 1. The fourth-order valence-corrected chi connectivity index (χ4v) is 3.51. The highest BCUT2D eigenvalue weighted by Gasteiger charge is 2.17. The number of aromatic nitrogens is 1. The van der Waals surface area contributed by atoms with Gasteiger partial charge in [0.05, 0.1) is 0 Å². The molecule has 0 radical (unpaired) electrons. The predicted molar refractivity (Wildman–Crippen MR) is 73.4 cm³/mol. The summed E-state index contributed by atoms with van der Waals surface area (Å²) in [6.45, 7) is 0. The van der Waals surface area contributed by atoms with Crippen LogP contribution in [0.2, 0.25) is 0 Å². The molecule has 0 spiro atoms. The van der Waals surface area contributed by atoms with Gasteiger partial charge in [-0.15, -0.1) is 11.8 Å². The summed E-state index contributed by atoms with van der Waals surface area (Å²) in [6.07, 6.45) is 2.31. The molecule has 1 aromatic heterocycles. The van der Waals surface area contributed by atoms with E-state index in [0.717, 1.165) is 12.0 Å². The van der Waals surface area contributed by atoms with Gasteiger partial charge >= 0.3 is 0 Å². The smallest absolute Gasteiger partial charge is 0.198 e. The third-order valence-corrected chi connectivity index (χ3v) is 4.85. The molecule has 3 rings (SSSR count). The van der Waals surface area contributed by atoms with Crippen LogP contribution in [-0.2, 0) is 6.42 Å². The Morgan fingerprint density at radius 1 is 1.44 bits per heavy atom. The van der Waals surface area contributed by atoms with Crippen LogP contribution in [0.25, 0.3) is 11.3 Å². The maximum atomic E-state index is 8.86. The summed E-state index contributed by atoms with van der Waals surface area (Å²) in [6, 6.07) is 8.26. The van der Waals surface area contributed by atoms with E-state index in [1.165, 1.54) is 22.6 Å². The second-order valence-electron chi connectivity index (χ2n) is 4.06. The van der Waals surface area contributed by atoms with Gasteiger partial charge in [-0.05, 0) is 58.3 Å². The molecule has 5 heteroatoms. The van der Waals surface area contributed by atoms with Gasteiger partial charge in [0.25, 0.3) is 0 Å². The molecule has 0 saturated heterocycles. The molecule has 0 fully saturated rings. The van der Waals surface area contributed by atoms with Crippen LogP contribution in [0.4, 0.5) is 0 Å². The van der Waals surface area contributed by atoms with Gasteiger partial charge in [0.15, 0.2) is 11.5 Å². The van der Waals surface area contributed by atoms with Gasteiger partial charge in [-0.3, -0.25) is 0 Å². The molecule has 0 aliphatic carbocycles. The zero-order valence-corrected chi connectivity index (χ0v) is 11.8. The van der Waals surface area contributed by atoms with Crippen LogP contribution in [0.3, 0.4) is 0 Å². The second kappa shape index (κ2) is 4.79. The van der Waals surface area contributed by atoms with E-state index in [1.54, 1.807) is 0 Å². The second-order valence-corrected chi connectivity index (χ2v) is 5.99. The highest BCUT2D eigenvalue weighted by molar-refractivity contribution is 9.10. The van der Waals surface area contributed by atoms with Crippen molar-refractivity contribution < 1.29 is 4.52 Å². The molecule has 18 heavy (non-hydrogen) atoms. The Morgan fingerprint density at radius 2 is 2.33 bits per heavy atom. The third-order valence-electron chi connectivity index (χ3n) is 2.91. The van der Waals surface area contributed by atoms with Crippen molar-refractivity contribution >= 4 is 27.7 Å². The first-order valence-electron chi connectivity index (χ1n) is 5.61. The maximum absolute atomic E-state index is 8.86. The van der Waals surface area contributed by atoms with E-state index in [2.05, 4.69) is 33.2 Å². The van der Waals surface area contributed by atoms with Crippen LogP contribution in [0.1, 0.15) is 17.7 Å². The molecule has 3 nitrogen and oxygen atoms in total. The molecule has 1 aliphatic heterocycles. The summed E-state index contributed by atoms with van der Waals surface area (Å²) < 4.78 is 5.87. The minimum absolute atomic E-state index is 0.289. The van der Waals surface area contributed by atoms with Crippen molar-refractivity contribution in [2.75, 3.05) is 5.75 Å². The number of rotatable bonds is 1. The number of nitriles is 1. The van der Waals surface area contributed by atoms with Gasteiger partial charge in [-0.25, -0.2) is 0 Å². The molecule has 90 valence electrons. The van der Waals surface area contributed by atoms with E-state index in [0.29, 0.717) is 10.2 Å². The highest BCUT2D eigenvalue weighted by atomic mass is 79.9. The van der Waals surface area contributed by atoms with E-state index < -0.39 is 0 Å². The van der Waals surface area contributed by atoms with Crippen LogP contribution in [-0.4, -0.2) is 10.9 Å².